The monoisotopic (exact) mass is 171 g/mol. The summed E-state index contributed by atoms with van der Waals surface area (Å²) in [5.74, 6) is 0.575. The van der Waals surface area contributed by atoms with Crippen LogP contribution in [0.25, 0.3) is 0 Å². The Morgan fingerprint density at radius 2 is 2.25 bits per heavy atom. The molecule has 0 amide bonds. The Morgan fingerprint density at radius 3 is 2.67 bits per heavy atom. The maximum atomic E-state index is 11.1. The molecule has 1 saturated heterocycles. The maximum Gasteiger partial charge on any atom is 0.146 e. The highest BCUT2D eigenvalue weighted by Gasteiger charge is 2.28. The van der Waals surface area contributed by atoms with E-state index in [4.69, 9.17) is 0 Å². The van der Waals surface area contributed by atoms with E-state index in [9.17, 15) is 9.90 Å². The first-order chi connectivity index (χ1) is 5.63. The van der Waals surface area contributed by atoms with E-state index >= 15 is 0 Å². The fourth-order valence-electron chi connectivity index (χ4n) is 1.54. The summed E-state index contributed by atoms with van der Waals surface area (Å²) in [6.07, 6.45) is 0.357. The van der Waals surface area contributed by atoms with Crippen molar-refractivity contribution in [3.8, 4) is 0 Å². The lowest BCUT2D eigenvalue weighted by Crippen LogP contribution is -2.28. The van der Waals surface area contributed by atoms with Gasteiger partial charge >= 0.3 is 0 Å². The van der Waals surface area contributed by atoms with Crippen LogP contribution in [0.1, 0.15) is 20.3 Å². The second-order valence-electron chi connectivity index (χ2n) is 3.63. The van der Waals surface area contributed by atoms with E-state index in [-0.39, 0.29) is 11.9 Å². The molecule has 1 fully saturated rings. The lowest BCUT2D eigenvalue weighted by atomic mass is 10.1. The minimum Gasteiger partial charge on any atom is -0.391 e. The Morgan fingerprint density at radius 1 is 1.58 bits per heavy atom. The molecule has 1 aliphatic rings. The quantitative estimate of drug-likeness (QED) is 0.663. The summed E-state index contributed by atoms with van der Waals surface area (Å²) in [6.45, 7) is 5.91. The van der Waals surface area contributed by atoms with E-state index in [2.05, 4.69) is 0 Å². The molecule has 3 nitrogen and oxygen atoms in total. The van der Waals surface area contributed by atoms with Crippen LogP contribution < -0.4 is 0 Å². The van der Waals surface area contributed by atoms with E-state index in [1.807, 2.05) is 18.7 Å². The number of carbonyl (C=O) groups excluding carboxylic acids is 1. The minimum atomic E-state index is -0.241. The van der Waals surface area contributed by atoms with Crippen LogP contribution in [0.15, 0.2) is 0 Å². The molecule has 0 spiro atoms. The average Bonchev–Trinajstić information content (AvgIpc) is 2.31. The molecule has 1 N–H and O–H groups in total. The van der Waals surface area contributed by atoms with E-state index in [0.717, 1.165) is 6.54 Å². The molecule has 1 aliphatic heterocycles. The summed E-state index contributed by atoms with van der Waals surface area (Å²) in [4.78, 5) is 13.1. The fourth-order valence-corrected chi connectivity index (χ4v) is 1.54. The largest absolute Gasteiger partial charge is 0.391 e. The van der Waals surface area contributed by atoms with Gasteiger partial charge in [-0.25, -0.2) is 0 Å². The Labute approximate surface area is 73.4 Å². The van der Waals surface area contributed by atoms with Crippen molar-refractivity contribution in [1.82, 2.24) is 4.90 Å². The molecule has 0 aromatic heterocycles. The lowest BCUT2D eigenvalue weighted by Gasteiger charge is -2.12. The van der Waals surface area contributed by atoms with Gasteiger partial charge in [0.25, 0.3) is 0 Å². The molecule has 0 aromatic rings. The van der Waals surface area contributed by atoms with Gasteiger partial charge in [0.05, 0.1) is 12.6 Å². The number of β-amino-alcohol motifs (C(OH)–C–C–N with tert-alkyl or cyclic N) is 1. The topological polar surface area (TPSA) is 40.5 Å². The third-order valence-corrected chi connectivity index (χ3v) is 2.44. The van der Waals surface area contributed by atoms with E-state index in [0.29, 0.717) is 25.4 Å². The summed E-state index contributed by atoms with van der Waals surface area (Å²) < 4.78 is 0. The zero-order chi connectivity index (χ0) is 9.14. The molecule has 0 aliphatic carbocycles. The number of nitrogens with zero attached hydrogens (tertiary/aromatic N) is 1. The number of ketones is 1. The summed E-state index contributed by atoms with van der Waals surface area (Å²) in [7, 11) is 0. The molecule has 12 heavy (non-hydrogen) atoms. The molecule has 1 rings (SSSR count). The Hall–Kier alpha value is -0.410. The van der Waals surface area contributed by atoms with Crippen molar-refractivity contribution >= 4 is 5.78 Å². The SMILES string of the molecule is CCC(=O)CN1CC(C)C(O)C1. The number of Topliss-reactive ketones (excluding diaryl/α,β-unsaturated/α-hetero) is 1. The second kappa shape index (κ2) is 4.01. The molecule has 3 heteroatoms. The summed E-state index contributed by atoms with van der Waals surface area (Å²) in [5, 5.41) is 9.40. The van der Waals surface area contributed by atoms with Gasteiger partial charge in [0.15, 0.2) is 0 Å². The first-order valence-corrected chi connectivity index (χ1v) is 4.55. The molecular weight excluding hydrogens is 154 g/mol. The second-order valence-corrected chi connectivity index (χ2v) is 3.63. The van der Waals surface area contributed by atoms with Crippen molar-refractivity contribution in [2.45, 2.75) is 26.4 Å². The lowest BCUT2D eigenvalue weighted by molar-refractivity contribution is -0.119. The van der Waals surface area contributed by atoms with Gasteiger partial charge in [-0.05, 0) is 5.92 Å². The van der Waals surface area contributed by atoms with Crippen LogP contribution in [-0.2, 0) is 4.79 Å². The van der Waals surface area contributed by atoms with Gasteiger partial charge in [-0.3, -0.25) is 9.69 Å². The summed E-state index contributed by atoms with van der Waals surface area (Å²) in [5.41, 5.74) is 0. The molecular formula is C9H17NO2. The van der Waals surface area contributed by atoms with Gasteiger partial charge in [0.1, 0.15) is 5.78 Å². The molecule has 0 radical (unpaired) electrons. The van der Waals surface area contributed by atoms with Crippen molar-refractivity contribution in [2.75, 3.05) is 19.6 Å². The zero-order valence-corrected chi connectivity index (χ0v) is 7.79. The highest BCUT2D eigenvalue weighted by atomic mass is 16.3. The van der Waals surface area contributed by atoms with Crippen molar-refractivity contribution in [2.24, 2.45) is 5.92 Å². The van der Waals surface area contributed by atoms with Crippen LogP contribution >= 0.6 is 0 Å². The fraction of sp³-hybridized carbons (Fsp3) is 0.889. The van der Waals surface area contributed by atoms with E-state index in [1.54, 1.807) is 0 Å². The third-order valence-electron chi connectivity index (χ3n) is 2.44. The van der Waals surface area contributed by atoms with Crippen molar-refractivity contribution < 1.29 is 9.90 Å². The van der Waals surface area contributed by atoms with Crippen LogP contribution in [0.4, 0.5) is 0 Å². The zero-order valence-electron chi connectivity index (χ0n) is 7.79. The van der Waals surface area contributed by atoms with Crippen LogP contribution in [0.3, 0.4) is 0 Å². The predicted octanol–water partition coefficient (Wildman–Crippen LogP) is 0.278. The number of hydrogen-bond donors (Lipinski definition) is 1. The Bertz CT molecular complexity index is 160. The number of carbonyl (C=O) groups is 1. The standard InChI is InChI=1S/C9H17NO2/c1-3-8(11)5-10-4-7(2)9(12)6-10/h7,9,12H,3-6H2,1-2H3. The number of hydrogen-bond acceptors (Lipinski definition) is 3. The number of aliphatic hydroxyl groups excluding tert-OH is 1. The highest BCUT2D eigenvalue weighted by molar-refractivity contribution is 5.80. The van der Waals surface area contributed by atoms with Gasteiger partial charge in [-0.1, -0.05) is 13.8 Å². The molecule has 0 bridgehead atoms. The van der Waals surface area contributed by atoms with Crippen molar-refractivity contribution in [3.63, 3.8) is 0 Å². The Balaban J connectivity index is 2.32. The van der Waals surface area contributed by atoms with Crippen molar-refractivity contribution in [3.05, 3.63) is 0 Å². The molecule has 1 heterocycles. The van der Waals surface area contributed by atoms with Crippen LogP contribution in [0.5, 0.6) is 0 Å². The number of likely N-dealkylation sites (tertiary alicyclic amines) is 1. The van der Waals surface area contributed by atoms with Crippen LogP contribution in [0.2, 0.25) is 0 Å². The van der Waals surface area contributed by atoms with Crippen molar-refractivity contribution in [1.29, 1.82) is 0 Å². The van der Waals surface area contributed by atoms with Gasteiger partial charge < -0.3 is 5.11 Å². The first kappa shape index (κ1) is 9.68. The summed E-state index contributed by atoms with van der Waals surface area (Å²) in [6, 6.07) is 0. The predicted molar refractivity (Wildman–Crippen MR) is 46.9 cm³/mol. The average molecular weight is 171 g/mol. The van der Waals surface area contributed by atoms with E-state index in [1.165, 1.54) is 0 Å². The minimum absolute atomic E-state index is 0.241. The van der Waals surface area contributed by atoms with Gasteiger partial charge in [-0.15, -0.1) is 0 Å². The molecule has 70 valence electrons. The molecule has 2 unspecified atom stereocenters. The van der Waals surface area contributed by atoms with Crippen LogP contribution in [-0.4, -0.2) is 41.5 Å². The highest BCUT2D eigenvalue weighted by Crippen LogP contribution is 2.15. The number of rotatable bonds is 3. The molecule has 2 atom stereocenters. The third kappa shape index (κ3) is 2.29. The Kier molecular flexibility index (Phi) is 3.23. The number of aliphatic hydroxyl groups is 1. The smallest absolute Gasteiger partial charge is 0.146 e. The normalized spacial score (nSPS) is 30.9. The van der Waals surface area contributed by atoms with Gasteiger partial charge in [0, 0.05) is 19.5 Å². The van der Waals surface area contributed by atoms with E-state index < -0.39 is 0 Å². The summed E-state index contributed by atoms with van der Waals surface area (Å²) >= 11 is 0. The van der Waals surface area contributed by atoms with Crippen LogP contribution in [0, 0.1) is 5.92 Å². The van der Waals surface area contributed by atoms with Gasteiger partial charge in [-0.2, -0.15) is 0 Å². The maximum absolute atomic E-state index is 11.1. The van der Waals surface area contributed by atoms with Gasteiger partial charge in [0.2, 0.25) is 0 Å². The molecule has 0 saturated carbocycles. The first-order valence-electron chi connectivity index (χ1n) is 4.55. The molecule has 0 aromatic carbocycles.